The minimum absolute atomic E-state index is 0.0289. The number of carbonyl (C=O) groups excluding carboxylic acids is 2. The number of carbonyl (C=O) groups is 2. The molecule has 2 aromatic rings. The Morgan fingerprint density at radius 3 is 2.87 bits per heavy atom. The Labute approximate surface area is 174 Å². The lowest BCUT2D eigenvalue weighted by molar-refractivity contribution is -0.384. The van der Waals surface area contributed by atoms with Crippen molar-refractivity contribution in [2.45, 2.75) is 39.3 Å². The summed E-state index contributed by atoms with van der Waals surface area (Å²) in [5.74, 6) is -0.269. The monoisotopic (exact) mass is 415 g/mol. The van der Waals surface area contributed by atoms with Gasteiger partial charge < -0.3 is 19.4 Å². The number of amides is 1. The van der Waals surface area contributed by atoms with Crippen LogP contribution in [0.15, 0.2) is 41.0 Å². The molecule has 1 aromatic carbocycles. The van der Waals surface area contributed by atoms with Crippen molar-refractivity contribution in [3.05, 3.63) is 58.0 Å². The lowest BCUT2D eigenvalue weighted by Crippen LogP contribution is -2.35. The van der Waals surface area contributed by atoms with E-state index < -0.39 is 22.9 Å². The molecule has 0 radical (unpaired) electrons. The van der Waals surface area contributed by atoms with E-state index in [2.05, 4.69) is 12.2 Å². The molecule has 2 atom stereocenters. The Morgan fingerprint density at radius 1 is 1.40 bits per heavy atom. The molecule has 1 aliphatic heterocycles. The normalized spacial score (nSPS) is 17.3. The summed E-state index contributed by atoms with van der Waals surface area (Å²) < 4.78 is 10.3. The number of esters is 1. The molecule has 0 aliphatic carbocycles. The highest BCUT2D eigenvalue weighted by Gasteiger charge is 2.26. The Hall–Kier alpha value is -3.36. The molecule has 1 amide bonds. The molecule has 1 fully saturated rings. The molecule has 1 aromatic heterocycles. The number of nitrogens with zero attached hydrogens (tertiary/aromatic N) is 2. The van der Waals surface area contributed by atoms with Gasteiger partial charge in [-0.15, -0.1) is 0 Å². The number of ether oxygens (including phenoxy) is 1. The number of furan rings is 1. The van der Waals surface area contributed by atoms with Crippen molar-refractivity contribution in [2.75, 3.05) is 18.0 Å². The van der Waals surface area contributed by atoms with Gasteiger partial charge in [-0.25, -0.2) is 4.79 Å². The molecule has 0 unspecified atom stereocenters. The topological polar surface area (TPSA) is 115 Å². The van der Waals surface area contributed by atoms with Crippen molar-refractivity contribution in [1.82, 2.24) is 5.32 Å². The number of benzene rings is 1. The Bertz CT molecular complexity index is 911. The quantitative estimate of drug-likeness (QED) is 0.419. The SMILES string of the molecule is C[C@@H]1CCCN(c2ccc(C(=O)O[C@@H](C)C(=O)NCc3ccco3)cc2[N+](=O)[O-])C1. The molecule has 1 aliphatic rings. The number of nitro groups is 1. The maximum Gasteiger partial charge on any atom is 0.339 e. The summed E-state index contributed by atoms with van der Waals surface area (Å²) in [5.41, 5.74) is 0.377. The molecule has 160 valence electrons. The van der Waals surface area contributed by atoms with Gasteiger partial charge in [0.15, 0.2) is 6.10 Å². The van der Waals surface area contributed by atoms with Crippen molar-refractivity contribution in [1.29, 1.82) is 0 Å². The highest BCUT2D eigenvalue weighted by molar-refractivity contribution is 5.93. The van der Waals surface area contributed by atoms with Crippen LogP contribution >= 0.6 is 0 Å². The van der Waals surface area contributed by atoms with E-state index in [9.17, 15) is 19.7 Å². The van der Waals surface area contributed by atoms with Gasteiger partial charge in [0.05, 0.1) is 23.3 Å². The van der Waals surface area contributed by atoms with Crippen LogP contribution < -0.4 is 10.2 Å². The van der Waals surface area contributed by atoms with Crippen molar-refractivity contribution in [2.24, 2.45) is 5.92 Å². The van der Waals surface area contributed by atoms with Crippen LogP contribution in [0, 0.1) is 16.0 Å². The first-order valence-corrected chi connectivity index (χ1v) is 9.89. The van der Waals surface area contributed by atoms with E-state index in [1.807, 2.05) is 4.90 Å². The van der Waals surface area contributed by atoms with E-state index in [0.29, 0.717) is 17.4 Å². The zero-order valence-electron chi connectivity index (χ0n) is 17.0. The second kappa shape index (κ2) is 9.43. The third-order valence-corrected chi connectivity index (χ3v) is 5.08. The molecule has 0 saturated carbocycles. The first kappa shape index (κ1) is 21.4. The predicted molar refractivity (Wildman–Crippen MR) is 109 cm³/mol. The molecule has 3 rings (SSSR count). The van der Waals surface area contributed by atoms with Gasteiger partial charge in [-0.05, 0) is 49.9 Å². The van der Waals surface area contributed by atoms with Gasteiger partial charge >= 0.3 is 5.97 Å². The number of nitro benzene ring substituents is 1. The van der Waals surface area contributed by atoms with Crippen molar-refractivity contribution >= 4 is 23.3 Å². The number of piperidine rings is 1. The van der Waals surface area contributed by atoms with Gasteiger partial charge in [-0.2, -0.15) is 0 Å². The van der Waals surface area contributed by atoms with Crippen LogP contribution in [0.4, 0.5) is 11.4 Å². The zero-order valence-corrected chi connectivity index (χ0v) is 17.0. The van der Waals surface area contributed by atoms with Crippen molar-refractivity contribution in [3.8, 4) is 0 Å². The summed E-state index contributed by atoms with van der Waals surface area (Å²) in [6, 6.07) is 7.70. The maximum absolute atomic E-state index is 12.4. The van der Waals surface area contributed by atoms with Gasteiger partial charge in [0.2, 0.25) is 0 Å². The number of nitrogens with one attached hydrogen (secondary N) is 1. The second-order valence-corrected chi connectivity index (χ2v) is 7.50. The first-order chi connectivity index (χ1) is 14.3. The van der Waals surface area contributed by atoms with Crippen LogP contribution in [-0.2, 0) is 16.1 Å². The summed E-state index contributed by atoms with van der Waals surface area (Å²) >= 11 is 0. The lowest BCUT2D eigenvalue weighted by atomic mass is 9.99. The molecule has 9 heteroatoms. The summed E-state index contributed by atoms with van der Waals surface area (Å²) in [7, 11) is 0. The number of rotatable bonds is 7. The predicted octanol–water partition coefficient (Wildman–Crippen LogP) is 3.29. The third kappa shape index (κ3) is 5.16. The number of hydrogen-bond acceptors (Lipinski definition) is 7. The van der Waals surface area contributed by atoms with E-state index in [1.165, 1.54) is 25.3 Å². The van der Waals surface area contributed by atoms with Crippen LogP contribution in [0.2, 0.25) is 0 Å². The van der Waals surface area contributed by atoms with Gasteiger partial charge in [0.25, 0.3) is 11.6 Å². The van der Waals surface area contributed by atoms with Crippen LogP contribution in [0.3, 0.4) is 0 Å². The summed E-state index contributed by atoms with van der Waals surface area (Å²) in [6.45, 7) is 5.19. The average Bonchev–Trinajstić information content (AvgIpc) is 3.25. The van der Waals surface area contributed by atoms with Crippen LogP contribution in [0.1, 0.15) is 42.8 Å². The number of hydrogen-bond donors (Lipinski definition) is 1. The molecule has 0 spiro atoms. The molecule has 1 N–H and O–H groups in total. The fourth-order valence-corrected chi connectivity index (χ4v) is 3.49. The van der Waals surface area contributed by atoms with Crippen molar-refractivity contribution in [3.63, 3.8) is 0 Å². The smallest absolute Gasteiger partial charge is 0.339 e. The molecule has 0 bridgehead atoms. The van der Waals surface area contributed by atoms with E-state index in [-0.39, 0.29) is 17.8 Å². The molecule has 9 nitrogen and oxygen atoms in total. The molecular formula is C21H25N3O6. The minimum Gasteiger partial charge on any atom is -0.467 e. The van der Waals surface area contributed by atoms with E-state index >= 15 is 0 Å². The Balaban J connectivity index is 1.67. The average molecular weight is 415 g/mol. The van der Waals surface area contributed by atoms with Crippen LogP contribution in [0.5, 0.6) is 0 Å². The van der Waals surface area contributed by atoms with Gasteiger partial charge in [-0.1, -0.05) is 6.92 Å². The van der Waals surface area contributed by atoms with Gasteiger partial charge in [-0.3, -0.25) is 14.9 Å². The summed E-state index contributed by atoms with van der Waals surface area (Å²) in [6.07, 6.45) is 2.49. The van der Waals surface area contributed by atoms with Gasteiger partial charge in [0, 0.05) is 19.2 Å². The third-order valence-electron chi connectivity index (χ3n) is 5.08. The maximum atomic E-state index is 12.4. The summed E-state index contributed by atoms with van der Waals surface area (Å²) in [5, 5.41) is 14.2. The minimum atomic E-state index is -1.06. The molecular weight excluding hydrogens is 390 g/mol. The zero-order chi connectivity index (χ0) is 21.7. The highest BCUT2D eigenvalue weighted by atomic mass is 16.6. The van der Waals surface area contributed by atoms with E-state index in [0.717, 1.165) is 25.9 Å². The Morgan fingerprint density at radius 2 is 2.20 bits per heavy atom. The van der Waals surface area contributed by atoms with Crippen LogP contribution in [-0.4, -0.2) is 36.0 Å². The second-order valence-electron chi connectivity index (χ2n) is 7.50. The molecule has 1 saturated heterocycles. The van der Waals surface area contributed by atoms with Crippen molar-refractivity contribution < 1.29 is 23.7 Å². The van der Waals surface area contributed by atoms with E-state index in [1.54, 1.807) is 18.2 Å². The fraction of sp³-hybridized carbons (Fsp3) is 0.429. The standard InChI is InChI=1S/C21H25N3O6/c1-14-5-3-9-23(13-14)18-8-7-16(11-19(18)24(27)28)21(26)30-15(2)20(25)22-12-17-6-4-10-29-17/h4,6-8,10-11,14-15H,3,5,9,12-13H2,1-2H3,(H,22,25)/t14-,15+/m1/s1. The van der Waals surface area contributed by atoms with Gasteiger partial charge in [0.1, 0.15) is 11.4 Å². The Kier molecular flexibility index (Phi) is 6.71. The largest absolute Gasteiger partial charge is 0.467 e. The first-order valence-electron chi connectivity index (χ1n) is 9.89. The number of anilines is 1. The van der Waals surface area contributed by atoms with Crippen LogP contribution in [0.25, 0.3) is 0 Å². The molecule has 2 heterocycles. The molecule has 30 heavy (non-hydrogen) atoms. The summed E-state index contributed by atoms with van der Waals surface area (Å²) in [4.78, 5) is 37.7. The lowest BCUT2D eigenvalue weighted by Gasteiger charge is -2.32. The fourth-order valence-electron chi connectivity index (χ4n) is 3.49. The van der Waals surface area contributed by atoms with E-state index in [4.69, 9.17) is 9.15 Å². The highest BCUT2D eigenvalue weighted by Crippen LogP contribution is 2.32.